The van der Waals surface area contributed by atoms with Crippen molar-refractivity contribution in [1.82, 2.24) is 10.6 Å². The summed E-state index contributed by atoms with van der Waals surface area (Å²) < 4.78 is 10.7. The lowest BCUT2D eigenvalue weighted by Gasteiger charge is -2.09. The molecule has 0 radical (unpaired) electrons. The van der Waals surface area contributed by atoms with Gasteiger partial charge in [0.2, 0.25) is 0 Å². The predicted octanol–water partition coefficient (Wildman–Crippen LogP) is 1.93. The molecule has 1 aromatic rings. The lowest BCUT2D eigenvalue weighted by Crippen LogP contribution is -2.37. The maximum atomic E-state index is 5.48. The van der Waals surface area contributed by atoms with E-state index >= 15 is 0 Å². The summed E-state index contributed by atoms with van der Waals surface area (Å²) in [6.45, 7) is 9.18. The van der Waals surface area contributed by atoms with Crippen LogP contribution in [0.15, 0.2) is 40.5 Å². The Labute approximate surface area is 114 Å². The summed E-state index contributed by atoms with van der Waals surface area (Å²) in [5.74, 6) is 1.66. The van der Waals surface area contributed by atoms with Gasteiger partial charge in [0.15, 0.2) is 5.96 Å². The number of rotatable bonds is 9. The molecule has 5 heteroatoms. The molecule has 1 rings (SSSR count). The Hall–Kier alpha value is -1.75. The van der Waals surface area contributed by atoms with Crippen LogP contribution in [0.25, 0.3) is 0 Å². The van der Waals surface area contributed by atoms with Gasteiger partial charge < -0.3 is 19.8 Å². The normalized spacial score (nSPS) is 11.3. The van der Waals surface area contributed by atoms with Crippen LogP contribution < -0.4 is 10.6 Å². The molecule has 0 amide bonds. The SMILES string of the molecule is C=CCNC(=NCCCOCc1ccco1)NCC. The highest BCUT2D eigenvalue weighted by Gasteiger charge is 1.96. The summed E-state index contributed by atoms with van der Waals surface area (Å²) in [5.41, 5.74) is 0. The lowest BCUT2D eigenvalue weighted by molar-refractivity contribution is 0.105. The number of ether oxygens (including phenoxy) is 1. The third kappa shape index (κ3) is 7.31. The van der Waals surface area contributed by atoms with Crippen LogP contribution >= 0.6 is 0 Å². The summed E-state index contributed by atoms with van der Waals surface area (Å²) >= 11 is 0. The molecule has 0 unspecified atom stereocenters. The van der Waals surface area contributed by atoms with Gasteiger partial charge in [-0.2, -0.15) is 0 Å². The third-order valence-electron chi connectivity index (χ3n) is 2.30. The fourth-order valence-electron chi connectivity index (χ4n) is 1.44. The van der Waals surface area contributed by atoms with Crippen molar-refractivity contribution in [3.05, 3.63) is 36.8 Å². The van der Waals surface area contributed by atoms with Crippen molar-refractivity contribution in [2.24, 2.45) is 4.99 Å². The second-order valence-corrected chi connectivity index (χ2v) is 3.92. The number of hydrogen-bond donors (Lipinski definition) is 2. The molecular formula is C14H23N3O2. The number of nitrogens with one attached hydrogen (secondary N) is 2. The summed E-state index contributed by atoms with van der Waals surface area (Å²) in [7, 11) is 0. The molecule has 0 atom stereocenters. The molecule has 0 aliphatic heterocycles. The number of nitrogens with zero attached hydrogens (tertiary/aromatic N) is 1. The van der Waals surface area contributed by atoms with Gasteiger partial charge in [-0.1, -0.05) is 6.08 Å². The van der Waals surface area contributed by atoms with E-state index < -0.39 is 0 Å². The van der Waals surface area contributed by atoms with E-state index in [1.807, 2.05) is 19.1 Å². The Morgan fingerprint density at radius 2 is 2.42 bits per heavy atom. The van der Waals surface area contributed by atoms with E-state index in [0.29, 0.717) is 19.8 Å². The Bertz CT molecular complexity index is 361. The molecule has 0 saturated heterocycles. The van der Waals surface area contributed by atoms with Gasteiger partial charge in [0.1, 0.15) is 12.4 Å². The Morgan fingerprint density at radius 1 is 1.53 bits per heavy atom. The molecule has 0 bridgehead atoms. The predicted molar refractivity (Wildman–Crippen MR) is 77.2 cm³/mol. The minimum Gasteiger partial charge on any atom is -0.467 e. The van der Waals surface area contributed by atoms with Gasteiger partial charge in [0.05, 0.1) is 6.26 Å². The maximum Gasteiger partial charge on any atom is 0.191 e. The monoisotopic (exact) mass is 265 g/mol. The molecule has 0 aromatic carbocycles. The van der Waals surface area contributed by atoms with Gasteiger partial charge in [-0.15, -0.1) is 6.58 Å². The first-order chi connectivity index (χ1) is 9.36. The zero-order valence-electron chi connectivity index (χ0n) is 11.5. The topological polar surface area (TPSA) is 58.8 Å². The molecule has 0 fully saturated rings. The highest BCUT2D eigenvalue weighted by atomic mass is 16.5. The molecule has 106 valence electrons. The third-order valence-corrected chi connectivity index (χ3v) is 2.30. The first kappa shape index (κ1) is 15.3. The van der Waals surface area contributed by atoms with E-state index in [9.17, 15) is 0 Å². The Balaban J connectivity index is 2.10. The summed E-state index contributed by atoms with van der Waals surface area (Å²) in [4.78, 5) is 4.43. The van der Waals surface area contributed by atoms with Crippen molar-refractivity contribution in [3.63, 3.8) is 0 Å². The van der Waals surface area contributed by atoms with Crippen LogP contribution in [0.2, 0.25) is 0 Å². The number of guanidine groups is 1. The molecule has 0 aliphatic rings. The van der Waals surface area contributed by atoms with Crippen LogP contribution in [-0.2, 0) is 11.3 Å². The van der Waals surface area contributed by atoms with E-state index in [4.69, 9.17) is 9.15 Å². The zero-order chi connectivity index (χ0) is 13.8. The van der Waals surface area contributed by atoms with E-state index in [1.54, 1.807) is 12.3 Å². The molecule has 19 heavy (non-hydrogen) atoms. The van der Waals surface area contributed by atoms with Crippen LogP contribution in [0.5, 0.6) is 0 Å². The number of furan rings is 1. The first-order valence-electron chi connectivity index (χ1n) is 6.60. The standard InChI is InChI=1S/C14H23N3O2/c1-3-8-16-14(15-4-2)17-9-6-10-18-12-13-7-5-11-19-13/h3,5,7,11H,1,4,6,8-10,12H2,2H3,(H2,15,16,17). The lowest BCUT2D eigenvalue weighted by atomic mass is 10.4. The van der Waals surface area contributed by atoms with Crippen LogP contribution in [0.3, 0.4) is 0 Å². The second kappa shape index (κ2) is 10.2. The van der Waals surface area contributed by atoms with Crippen molar-refractivity contribution < 1.29 is 9.15 Å². The molecule has 1 aromatic heterocycles. The van der Waals surface area contributed by atoms with Crippen LogP contribution in [0.1, 0.15) is 19.1 Å². The average molecular weight is 265 g/mol. The van der Waals surface area contributed by atoms with Crippen molar-refractivity contribution in [2.45, 2.75) is 20.0 Å². The van der Waals surface area contributed by atoms with E-state index in [2.05, 4.69) is 22.2 Å². The quantitative estimate of drug-likeness (QED) is 0.310. The summed E-state index contributed by atoms with van der Waals surface area (Å²) in [6.07, 6.45) is 4.33. The van der Waals surface area contributed by atoms with Gasteiger partial charge in [0.25, 0.3) is 0 Å². The minimum absolute atomic E-state index is 0.519. The molecule has 2 N–H and O–H groups in total. The molecule has 0 spiro atoms. The van der Waals surface area contributed by atoms with Gasteiger partial charge in [-0.3, -0.25) is 4.99 Å². The molecule has 1 heterocycles. The maximum absolute atomic E-state index is 5.48. The molecule has 0 saturated carbocycles. The molecule has 5 nitrogen and oxygen atoms in total. The van der Waals surface area contributed by atoms with Crippen LogP contribution in [0.4, 0.5) is 0 Å². The smallest absolute Gasteiger partial charge is 0.191 e. The fourth-order valence-corrected chi connectivity index (χ4v) is 1.44. The fraction of sp³-hybridized carbons (Fsp3) is 0.500. The van der Waals surface area contributed by atoms with Gasteiger partial charge >= 0.3 is 0 Å². The zero-order valence-corrected chi connectivity index (χ0v) is 11.5. The van der Waals surface area contributed by atoms with E-state index in [1.165, 1.54) is 0 Å². The highest BCUT2D eigenvalue weighted by molar-refractivity contribution is 5.79. The summed E-state index contributed by atoms with van der Waals surface area (Å²) in [6, 6.07) is 3.76. The number of hydrogen-bond acceptors (Lipinski definition) is 3. The molecule has 0 aliphatic carbocycles. The molecular weight excluding hydrogens is 242 g/mol. The van der Waals surface area contributed by atoms with Gasteiger partial charge in [0, 0.05) is 26.2 Å². The van der Waals surface area contributed by atoms with Crippen molar-refractivity contribution >= 4 is 5.96 Å². The van der Waals surface area contributed by atoms with E-state index in [0.717, 1.165) is 31.2 Å². The Morgan fingerprint density at radius 3 is 3.11 bits per heavy atom. The van der Waals surface area contributed by atoms with Crippen molar-refractivity contribution in [3.8, 4) is 0 Å². The summed E-state index contributed by atoms with van der Waals surface area (Å²) in [5, 5.41) is 6.31. The largest absolute Gasteiger partial charge is 0.467 e. The van der Waals surface area contributed by atoms with E-state index in [-0.39, 0.29) is 0 Å². The first-order valence-corrected chi connectivity index (χ1v) is 6.60. The van der Waals surface area contributed by atoms with Crippen LogP contribution in [0, 0.1) is 0 Å². The second-order valence-electron chi connectivity index (χ2n) is 3.92. The van der Waals surface area contributed by atoms with Gasteiger partial charge in [-0.25, -0.2) is 0 Å². The number of aliphatic imine (C=N–C) groups is 1. The minimum atomic E-state index is 0.519. The van der Waals surface area contributed by atoms with Crippen molar-refractivity contribution in [1.29, 1.82) is 0 Å². The van der Waals surface area contributed by atoms with Crippen molar-refractivity contribution in [2.75, 3.05) is 26.2 Å². The Kier molecular flexibility index (Phi) is 8.22. The van der Waals surface area contributed by atoms with Gasteiger partial charge in [-0.05, 0) is 25.5 Å². The average Bonchev–Trinajstić information content (AvgIpc) is 2.93. The highest BCUT2D eigenvalue weighted by Crippen LogP contribution is 2.01. The van der Waals surface area contributed by atoms with Crippen LogP contribution in [-0.4, -0.2) is 32.2 Å².